The maximum absolute atomic E-state index is 13.0. The standard InChI is InChI=1S/C23H29N7O3/c1-15-3-2-4-16(9-15)10-25-28-23-26-19-12-30(22(31)20(24)17-13-33-14-17)11-18(19)21(27-23)29-5-7-32-8-6-29/h2-4,9-10,17,20H,5-8,11-14,24H2,1H3,(H,26,27,28)/b25-10+/t20-/m1/s1. The van der Waals surface area contributed by atoms with Crippen molar-refractivity contribution in [1.82, 2.24) is 14.9 Å². The number of fused-ring (bicyclic) bond motifs is 1. The number of carbonyl (C=O) groups excluding carboxylic acids is 1. The van der Waals surface area contributed by atoms with Crippen LogP contribution in [0.3, 0.4) is 0 Å². The topological polar surface area (TPSA) is 118 Å². The highest BCUT2D eigenvalue weighted by molar-refractivity contribution is 5.83. The molecule has 10 nitrogen and oxygen atoms in total. The minimum absolute atomic E-state index is 0.0683. The number of amides is 1. The fourth-order valence-electron chi connectivity index (χ4n) is 4.27. The van der Waals surface area contributed by atoms with Crippen LogP contribution in [-0.2, 0) is 27.4 Å². The normalized spacial score (nSPS) is 19.5. The molecule has 4 heterocycles. The fraction of sp³-hybridized carbons (Fsp3) is 0.478. The number of aromatic nitrogens is 2. The zero-order chi connectivity index (χ0) is 22.8. The Balaban J connectivity index is 1.37. The van der Waals surface area contributed by atoms with Crippen LogP contribution in [0.1, 0.15) is 22.4 Å². The lowest BCUT2D eigenvalue weighted by molar-refractivity contribution is -0.140. The highest BCUT2D eigenvalue weighted by Gasteiger charge is 2.37. The van der Waals surface area contributed by atoms with Crippen LogP contribution in [0, 0.1) is 12.8 Å². The number of hydrazone groups is 1. The first-order valence-electron chi connectivity index (χ1n) is 11.3. The largest absolute Gasteiger partial charge is 0.381 e. The molecule has 2 aromatic rings. The number of nitrogens with two attached hydrogens (primary N) is 1. The van der Waals surface area contributed by atoms with Gasteiger partial charge in [0, 0.05) is 24.6 Å². The Bertz CT molecular complexity index is 1050. The van der Waals surface area contributed by atoms with Crippen molar-refractivity contribution in [1.29, 1.82) is 0 Å². The van der Waals surface area contributed by atoms with Crippen LogP contribution in [0.25, 0.3) is 0 Å². The third kappa shape index (κ3) is 4.68. The van der Waals surface area contributed by atoms with Crippen molar-refractivity contribution in [2.75, 3.05) is 49.8 Å². The summed E-state index contributed by atoms with van der Waals surface area (Å²) in [6.45, 7) is 6.74. The Morgan fingerprint density at radius 1 is 1.24 bits per heavy atom. The summed E-state index contributed by atoms with van der Waals surface area (Å²) in [5, 5.41) is 4.33. The summed E-state index contributed by atoms with van der Waals surface area (Å²) in [5.74, 6) is 1.25. The van der Waals surface area contributed by atoms with E-state index in [2.05, 4.69) is 20.4 Å². The van der Waals surface area contributed by atoms with Gasteiger partial charge in [-0.3, -0.25) is 4.79 Å². The average Bonchev–Trinajstić information content (AvgIpc) is 3.21. The molecule has 0 radical (unpaired) electrons. The van der Waals surface area contributed by atoms with Crippen LogP contribution in [0.2, 0.25) is 0 Å². The van der Waals surface area contributed by atoms with Gasteiger partial charge in [-0.1, -0.05) is 29.8 Å². The maximum Gasteiger partial charge on any atom is 0.245 e. The van der Waals surface area contributed by atoms with Crippen molar-refractivity contribution in [3.8, 4) is 0 Å². The quantitative estimate of drug-likeness (QED) is 0.491. The Morgan fingerprint density at radius 2 is 2.06 bits per heavy atom. The third-order valence-corrected chi connectivity index (χ3v) is 6.26. The SMILES string of the molecule is Cc1cccc(/C=N/Nc2nc3c(c(N4CCOCC4)n2)CN(C(=O)[C@H](N)C2COC2)C3)c1. The molecule has 0 saturated carbocycles. The first-order valence-corrected chi connectivity index (χ1v) is 11.3. The van der Waals surface area contributed by atoms with Gasteiger partial charge in [-0.05, 0) is 12.5 Å². The number of anilines is 2. The molecule has 33 heavy (non-hydrogen) atoms. The average molecular weight is 452 g/mol. The predicted molar refractivity (Wildman–Crippen MR) is 124 cm³/mol. The summed E-state index contributed by atoms with van der Waals surface area (Å²) >= 11 is 0. The number of hydrogen-bond donors (Lipinski definition) is 2. The van der Waals surface area contributed by atoms with Gasteiger partial charge in [-0.2, -0.15) is 10.1 Å². The van der Waals surface area contributed by atoms with E-state index < -0.39 is 6.04 Å². The number of rotatable bonds is 6. The summed E-state index contributed by atoms with van der Waals surface area (Å²) < 4.78 is 10.7. The lowest BCUT2D eigenvalue weighted by Crippen LogP contribution is -2.52. The second-order valence-electron chi connectivity index (χ2n) is 8.70. The number of aryl methyl sites for hydroxylation is 1. The second-order valence-corrected chi connectivity index (χ2v) is 8.70. The maximum atomic E-state index is 13.0. The molecule has 0 aliphatic carbocycles. The molecule has 3 N–H and O–H groups in total. The highest BCUT2D eigenvalue weighted by Crippen LogP contribution is 2.32. The Labute approximate surface area is 192 Å². The molecular formula is C23H29N7O3. The Hall–Kier alpha value is -3.08. The van der Waals surface area contributed by atoms with Gasteiger partial charge in [0.1, 0.15) is 5.82 Å². The number of nitrogens with one attached hydrogen (secondary N) is 1. The van der Waals surface area contributed by atoms with E-state index in [0.29, 0.717) is 45.5 Å². The Kier molecular flexibility index (Phi) is 6.21. The lowest BCUT2D eigenvalue weighted by atomic mass is 9.98. The first-order chi connectivity index (χ1) is 16.1. The number of nitrogens with zero attached hydrogens (tertiary/aromatic N) is 5. The molecular weight excluding hydrogens is 422 g/mol. The first kappa shape index (κ1) is 21.7. The number of ether oxygens (including phenoxy) is 2. The lowest BCUT2D eigenvalue weighted by Gasteiger charge is -2.32. The molecule has 3 aliphatic rings. The van der Waals surface area contributed by atoms with E-state index in [1.165, 1.54) is 5.56 Å². The van der Waals surface area contributed by atoms with Gasteiger partial charge in [-0.25, -0.2) is 10.4 Å². The van der Waals surface area contributed by atoms with Gasteiger partial charge >= 0.3 is 0 Å². The molecule has 10 heteroatoms. The van der Waals surface area contributed by atoms with Crippen LogP contribution in [0.5, 0.6) is 0 Å². The summed E-state index contributed by atoms with van der Waals surface area (Å²) in [7, 11) is 0. The van der Waals surface area contributed by atoms with Crippen LogP contribution >= 0.6 is 0 Å². The van der Waals surface area contributed by atoms with E-state index in [9.17, 15) is 4.79 Å². The van der Waals surface area contributed by atoms with Gasteiger partial charge in [0.15, 0.2) is 0 Å². The van der Waals surface area contributed by atoms with Crippen LogP contribution < -0.4 is 16.1 Å². The smallest absolute Gasteiger partial charge is 0.245 e. The van der Waals surface area contributed by atoms with E-state index in [1.807, 2.05) is 31.2 Å². The molecule has 2 saturated heterocycles. The molecule has 5 rings (SSSR count). The van der Waals surface area contributed by atoms with E-state index in [-0.39, 0.29) is 11.8 Å². The summed E-state index contributed by atoms with van der Waals surface area (Å²) in [6.07, 6.45) is 1.74. The molecule has 1 amide bonds. The second kappa shape index (κ2) is 9.42. The van der Waals surface area contributed by atoms with Crippen LogP contribution in [0.4, 0.5) is 11.8 Å². The van der Waals surface area contributed by atoms with Gasteiger partial charge in [0.05, 0.1) is 57.5 Å². The van der Waals surface area contributed by atoms with E-state index >= 15 is 0 Å². The van der Waals surface area contributed by atoms with Gasteiger partial charge in [0.2, 0.25) is 11.9 Å². The predicted octanol–water partition coefficient (Wildman–Crippen LogP) is 0.884. The van der Waals surface area contributed by atoms with Crippen LogP contribution in [0.15, 0.2) is 29.4 Å². The summed E-state index contributed by atoms with van der Waals surface area (Å²) in [6, 6.07) is 7.52. The van der Waals surface area contributed by atoms with Gasteiger partial charge in [0.25, 0.3) is 0 Å². The molecule has 0 bridgehead atoms. The van der Waals surface area contributed by atoms with Crippen molar-refractivity contribution in [3.63, 3.8) is 0 Å². The highest BCUT2D eigenvalue weighted by atomic mass is 16.5. The molecule has 1 aromatic carbocycles. The molecule has 3 aliphatic heterocycles. The van der Waals surface area contributed by atoms with Crippen molar-refractivity contribution >= 4 is 23.9 Å². The summed E-state index contributed by atoms with van der Waals surface area (Å²) in [4.78, 5) is 26.4. The molecule has 2 fully saturated rings. The fourth-order valence-corrected chi connectivity index (χ4v) is 4.27. The van der Waals surface area contributed by atoms with E-state index in [4.69, 9.17) is 20.2 Å². The minimum Gasteiger partial charge on any atom is -0.381 e. The molecule has 0 unspecified atom stereocenters. The van der Waals surface area contributed by atoms with Gasteiger partial charge in [-0.15, -0.1) is 0 Å². The molecule has 0 spiro atoms. The van der Waals surface area contributed by atoms with E-state index in [0.717, 1.165) is 35.7 Å². The van der Waals surface area contributed by atoms with Gasteiger partial charge < -0.3 is 25.0 Å². The van der Waals surface area contributed by atoms with Crippen molar-refractivity contribution < 1.29 is 14.3 Å². The van der Waals surface area contributed by atoms with Crippen molar-refractivity contribution in [3.05, 3.63) is 46.6 Å². The van der Waals surface area contributed by atoms with Crippen molar-refractivity contribution in [2.24, 2.45) is 16.8 Å². The number of morpholine rings is 1. The van der Waals surface area contributed by atoms with Crippen molar-refractivity contribution in [2.45, 2.75) is 26.1 Å². The molecule has 1 atom stereocenters. The molecule has 1 aromatic heterocycles. The zero-order valence-electron chi connectivity index (χ0n) is 18.7. The van der Waals surface area contributed by atoms with E-state index in [1.54, 1.807) is 11.1 Å². The third-order valence-electron chi connectivity index (χ3n) is 6.26. The summed E-state index contributed by atoms with van der Waals surface area (Å²) in [5.41, 5.74) is 13.1. The number of benzene rings is 1. The number of hydrogen-bond acceptors (Lipinski definition) is 9. The minimum atomic E-state index is -0.551. The monoisotopic (exact) mass is 451 g/mol. The Morgan fingerprint density at radius 3 is 2.79 bits per heavy atom. The molecule has 174 valence electrons. The zero-order valence-corrected chi connectivity index (χ0v) is 18.7. The number of carbonyl (C=O) groups is 1. The van der Waals surface area contributed by atoms with Crippen LogP contribution in [-0.4, -0.2) is 72.5 Å².